The molecule has 3 N–H and O–H groups in total. The number of hydrogen-bond donors (Lipinski definition) is 2. The molecule has 0 radical (unpaired) electrons. The molecule has 0 bridgehead atoms. The van der Waals surface area contributed by atoms with Gasteiger partial charge in [0.15, 0.2) is 0 Å². The first-order chi connectivity index (χ1) is 11.6. The van der Waals surface area contributed by atoms with E-state index in [-0.39, 0.29) is 5.91 Å². The second-order valence-corrected chi connectivity index (χ2v) is 6.61. The summed E-state index contributed by atoms with van der Waals surface area (Å²) in [7, 11) is 0. The minimum absolute atomic E-state index is 0.148. The lowest BCUT2D eigenvalue weighted by Gasteiger charge is -2.14. The van der Waals surface area contributed by atoms with E-state index in [9.17, 15) is 4.79 Å². The molecule has 1 atom stereocenters. The third-order valence-electron chi connectivity index (χ3n) is 3.67. The number of ether oxygens (including phenoxy) is 1. The summed E-state index contributed by atoms with van der Waals surface area (Å²) in [4.78, 5) is 12.1. The first-order valence-corrected chi connectivity index (χ1v) is 9.32. The molecule has 0 aliphatic rings. The van der Waals surface area contributed by atoms with Crippen molar-refractivity contribution in [1.29, 1.82) is 0 Å². The van der Waals surface area contributed by atoms with Crippen molar-refractivity contribution in [3.63, 3.8) is 0 Å². The number of anilines is 1. The Morgan fingerprint density at radius 3 is 2.67 bits per heavy atom. The van der Waals surface area contributed by atoms with Gasteiger partial charge in [-0.15, -0.1) is 0 Å². The Labute approximate surface area is 147 Å². The fraction of sp³-hybridized carbons (Fsp3) is 0.316. The van der Waals surface area contributed by atoms with Gasteiger partial charge in [0.2, 0.25) is 5.91 Å². The number of nitrogens with two attached hydrogens (primary N) is 1. The van der Waals surface area contributed by atoms with E-state index in [2.05, 4.69) is 5.32 Å². The number of carbonyl (C=O) groups is 1. The molecule has 4 nitrogen and oxygen atoms in total. The van der Waals surface area contributed by atoms with Crippen LogP contribution in [0.5, 0.6) is 5.75 Å². The molecule has 0 spiro atoms. The molecule has 0 aliphatic heterocycles. The van der Waals surface area contributed by atoms with E-state index in [1.807, 2.05) is 61.7 Å². The van der Waals surface area contributed by atoms with Crippen molar-refractivity contribution in [3.8, 4) is 5.75 Å². The molecule has 0 fully saturated rings. The van der Waals surface area contributed by atoms with Crippen LogP contribution in [0.2, 0.25) is 0 Å². The van der Waals surface area contributed by atoms with E-state index in [0.717, 1.165) is 28.3 Å². The van der Waals surface area contributed by atoms with Crippen molar-refractivity contribution in [2.45, 2.75) is 26.0 Å². The molecule has 2 rings (SSSR count). The van der Waals surface area contributed by atoms with Crippen molar-refractivity contribution in [3.05, 3.63) is 59.7 Å². The summed E-state index contributed by atoms with van der Waals surface area (Å²) in [6.07, 6.45) is 2.67. The minimum atomic E-state index is -0.481. The van der Waals surface area contributed by atoms with Gasteiger partial charge in [-0.1, -0.05) is 30.3 Å². The maximum absolute atomic E-state index is 12.1. The van der Waals surface area contributed by atoms with Crippen LogP contribution >= 0.6 is 11.8 Å². The molecule has 128 valence electrons. The van der Waals surface area contributed by atoms with Gasteiger partial charge < -0.3 is 15.8 Å². The van der Waals surface area contributed by atoms with E-state index >= 15 is 0 Å². The zero-order chi connectivity index (χ0) is 17.4. The van der Waals surface area contributed by atoms with Crippen molar-refractivity contribution >= 4 is 23.4 Å². The summed E-state index contributed by atoms with van der Waals surface area (Å²) in [6.45, 7) is 2.46. The van der Waals surface area contributed by atoms with Gasteiger partial charge in [-0.3, -0.25) is 4.79 Å². The maximum atomic E-state index is 12.1. The van der Waals surface area contributed by atoms with Crippen LogP contribution in [0.25, 0.3) is 0 Å². The zero-order valence-electron chi connectivity index (χ0n) is 14.1. The fourth-order valence-electron chi connectivity index (χ4n) is 2.21. The van der Waals surface area contributed by atoms with Gasteiger partial charge in [-0.05, 0) is 54.7 Å². The Kier molecular flexibility index (Phi) is 7.15. The fourth-order valence-corrected chi connectivity index (χ4v) is 2.70. The van der Waals surface area contributed by atoms with Gasteiger partial charge in [0.25, 0.3) is 0 Å². The van der Waals surface area contributed by atoms with Gasteiger partial charge in [0, 0.05) is 5.69 Å². The SMILES string of the molecule is CSCC[C@H](N)C(=O)Nc1ccc(OCc2ccccc2)cc1C. The maximum Gasteiger partial charge on any atom is 0.241 e. The van der Waals surface area contributed by atoms with E-state index in [0.29, 0.717) is 13.0 Å². The zero-order valence-corrected chi connectivity index (χ0v) is 14.9. The van der Waals surface area contributed by atoms with Gasteiger partial charge >= 0.3 is 0 Å². The number of hydrogen-bond acceptors (Lipinski definition) is 4. The predicted molar refractivity (Wildman–Crippen MR) is 102 cm³/mol. The van der Waals surface area contributed by atoms with E-state index in [4.69, 9.17) is 10.5 Å². The highest BCUT2D eigenvalue weighted by Crippen LogP contribution is 2.22. The highest BCUT2D eigenvalue weighted by atomic mass is 32.2. The smallest absolute Gasteiger partial charge is 0.241 e. The van der Waals surface area contributed by atoms with Crippen LogP contribution in [-0.4, -0.2) is 24.0 Å². The molecule has 2 aromatic carbocycles. The van der Waals surface area contributed by atoms with Crippen LogP contribution in [-0.2, 0) is 11.4 Å². The third kappa shape index (κ3) is 5.58. The Balaban J connectivity index is 1.93. The topological polar surface area (TPSA) is 64.4 Å². The Hall–Kier alpha value is -1.98. The summed E-state index contributed by atoms with van der Waals surface area (Å²) < 4.78 is 5.79. The average Bonchev–Trinajstić information content (AvgIpc) is 2.60. The molecule has 24 heavy (non-hydrogen) atoms. The van der Waals surface area contributed by atoms with Crippen molar-refractivity contribution in [2.24, 2.45) is 5.73 Å². The molecule has 0 saturated carbocycles. The van der Waals surface area contributed by atoms with Crippen LogP contribution in [0.3, 0.4) is 0 Å². The minimum Gasteiger partial charge on any atom is -0.489 e. The molecule has 0 aliphatic carbocycles. The molecule has 2 aromatic rings. The molecule has 5 heteroatoms. The van der Waals surface area contributed by atoms with E-state index in [1.54, 1.807) is 11.8 Å². The Bertz CT molecular complexity index is 662. The van der Waals surface area contributed by atoms with Crippen LogP contribution < -0.4 is 15.8 Å². The second kappa shape index (κ2) is 9.35. The average molecular weight is 344 g/mol. The number of rotatable bonds is 8. The monoisotopic (exact) mass is 344 g/mol. The number of thioether (sulfide) groups is 1. The van der Waals surface area contributed by atoms with Gasteiger partial charge in [-0.2, -0.15) is 11.8 Å². The largest absolute Gasteiger partial charge is 0.489 e. The van der Waals surface area contributed by atoms with Crippen LogP contribution in [0.15, 0.2) is 48.5 Å². The Morgan fingerprint density at radius 2 is 2.00 bits per heavy atom. The van der Waals surface area contributed by atoms with Gasteiger partial charge in [0.1, 0.15) is 12.4 Å². The van der Waals surface area contributed by atoms with Crippen LogP contribution in [0, 0.1) is 6.92 Å². The number of carbonyl (C=O) groups excluding carboxylic acids is 1. The number of nitrogens with one attached hydrogen (secondary N) is 1. The highest BCUT2D eigenvalue weighted by Gasteiger charge is 2.14. The van der Waals surface area contributed by atoms with Crippen molar-refractivity contribution < 1.29 is 9.53 Å². The number of aryl methyl sites for hydroxylation is 1. The summed E-state index contributed by atoms with van der Waals surface area (Å²) in [5.41, 5.74) is 8.73. The quantitative estimate of drug-likeness (QED) is 0.768. The summed E-state index contributed by atoms with van der Waals surface area (Å²) >= 11 is 1.69. The Morgan fingerprint density at radius 1 is 1.25 bits per heavy atom. The first kappa shape index (κ1) is 18.4. The second-order valence-electron chi connectivity index (χ2n) is 5.63. The van der Waals surface area contributed by atoms with E-state index < -0.39 is 6.04 Å². The lowest BCUT2D eigenvalue weighted by atomic mass is 10.1. The van der Waals surface area contributed by atoms with Crippen molar-refractivity contribution in [2.75, 3.05) is 17.3 Å². The molecular formula is C19H24N2O2S. The van der Waals surface area contributed by atoms with E-state index in [1.165, 1.54) is 0 Å². The lowest BCUT2D eigenvalue weighted by molar-refractivity contribution is -0.117. The summed E-state index contributed by atoms with van der Waals surface area (Å²) in [5.74, 6) is 1.51. The molecular weight excluding hydrogens is 320 g/mol. The van der Waals surface area contributed by atoms with Gasteiger partial charge in [-0.25, -0.2) is 0 Å². The third-order valence-corrected chi connectivity index (χ3v) is 4.32. The number of amides is 1. The normalized spacial score (nSPS) is 11.8. The summed E-state index contributed by atoms with van der Waals surface area (Å²) in [6, 6.07) is 15.2. The van der Waals surface area contributed by atoms with Crippen LogP contribution in [0.4, 0.5) is 5.69 Å². The molecule has 1 amide bonds. The van der Waals surface area contributed by atoms with Gasteiger partial charge in [0.05, 0.1) is 6.04 Å². The predicted octanol–water partition coefficient (Wildman–Crippen LogP) is 3.59. The number of benzene rings is 2. The lowest BCUT2D eigenvalue weighted by Crippen LogP contribution is -2.36. The molecule has 0 aromatic heterocycles. The highest BCUT2D eigenvalue weighted by molar-refractivity contribution is 7.98. The summed E-state index contributed by atoms with van der Waals surface area (Å²) in [5, 5.41) is 2.89. The molecule has 0 unspecified atom stereocenters. The molecule has 0 heterocycles. The first-order valence-electron chi connectivity index (χ1n) is 7.93. The standard InChI is InChI=1S/C19H24N2O2S/c1-14-12-16(23-13-15-6-4-3-5-7-15)8-9-18(14)21-19(22)17(20)10-11-24-2/h3-9,12,17H,10-11,13,20H2,1-2H3,(H,21,22)/t17-/m0/s1. The molecule has 0 saturated heterocycles. The van der Waals surface area contributed by atoms with Crippen molar-refractivity contribution in [1.82, 2.24) is 0 Å². The van der Waals surface area contributed by atoms with Crippen LogP contribution in [0.1, 0.15) is 17.5 Å².